The van der Waals surface area contributed by atoms with E-state index < -0.39 is 78.2 Å². The highest BCUT2D eigenvalue weighted by atomic mass is 16.8. The zero-order valence-electron chi connectivity index (χ0n) is 32.4. The van der Waals surface area contributed by atoms with Crippen LogP contribution in [0.5, 0.6) is 0 Å². The summed E-state index contributed by atoms with van der Waals surface area (Å²) in [6.45, 7) is 14.7. The zero-order chi connectivity index (χ0) is 38.1. The minimum Gasteiger partial charge on any atom is -0.388 e. The first kappa shape index (κ1) is 38.0. The van der Waals surface area contributed by atoms with Gasteiger partial charge in [0.05, 0.1) is 31.0 Å². The van der Waals surface area contributed by atoms with Crippen LogP contribution in [-0.4, -0.2) is 134 Å². The molecule has 4 aliphatic heterocycles. The van der Waals surface area contributed by atoms with Crippen molar-refractivity contribution < 1.29 is 64.2 Å². The maximum atomic E-state index is 12.8. The lowest BCUT2D eigenvalue weighted by Gasteiger charge is -2.63. The fourth-order valence-electron chi connectivity index (χ4n) is 15.2. The Kier molecular flexibility index (Phi) is 8.46. The third-order valence-corrected chi connectivity index (χ3v) is 17.6. The summed E-state index contributed by atoms with van der Waals surface area (Å²) in [5.41, 5.74) is -1.77. The molecule has 0 aromatic carbocycles. The predicted octanol–water partition coefficient (Wildman–Crippen LogP) is 1.58. The molecule has 0 aromatic heterocycles. The summed E-state index contributed by atoms with van der Waals surface area (Å²) >= 11 is 0. The van der Waals surface area contributed by atoms with Crippen LogP contribution in [0, 0.1) is 50.7 Å². The van der Waals surface area contributed by atoms with Gasteiger partial charge in [0.1, 0.15) is 48.8 Å². The molecule has 13 nitrogen and oxygen atoms in total. The Balaban J connectivity index is 0.941. The van der Waals surface area contributed by atoms with Crippen LogP contribution in [0.2, 0.25) is 0 Å². The molecule has 0 radical (unpaired) electrons. The quantitative estimate of drug-likeness (QED) is 0.200. The number of aliphatic hydroxyl groups is 7. The number of ether oxygens (including phenoxy) is 6. The summed E-state index contributed by atoms with van der Waals surface area (Å²) < 4.78 is 37.4. The van der Waals surface area contributed by atoms with Gasteiger partial charge in [0.2, 0.25) is 0 Å². The Morgan fingerprint density at radius 3 is 2.06 bits per heavy atom. The lowest BCUT2D eigenvalue weighted by molar-refractivity contribution is -0.345. The van der Waals surface area contributed by atoms with Crippen LogP contribution < -0.4 is 0 Å². The van der Waals surface area contributed by atoms with Crippen molar-refractivity contribution >= 4 is 0 Å². The van der Waals surface area contributed by atoms with E-state index >= 15 is 0 Å². The van der Waals surface area contributed by atoms with E-state index in [1.807, 2.05) is 0 Å². The highest BCUT2D eigenvalue weighted by Gasteiger charge is 2.88. The second-order valence-electron chi connectivity index (χ2n) is 20.6. The topological polar surface area (TPSA) is 197 Å². The average molecular weight is 753 g/mol. The highest BCUT2D eigenvalue weighted by molar-refractivity contribution is 5.34. The molecule has 9 rings (SSSR count). The second kappa shape index (κ2) is 11.8. The van der Waals surface area contributed by atoms with Gasteiger partial charge in [-0.1, -0.05) is 34.6 Å². The van der Waals surface area contributed by atoms with Crippen LogP contribution in [0.4, 0.5) is 0 Å². The minimum atomic E-state index is -1.56. The lowest BCUT2D eigenvalue weighted by Crippen LogP contribution is -2.62. The van der Waals surface area contributed by atoms with Gasteiger partial charge in [-0.25, -0.2) is 0 Å². The van der Waals surface area contributed by atoms with Gasteiger partial charge >= 0.3 is 0 Å². The van der Waals surface area contributed by atoms with Crippen LogP contribution in [-0.2, 0) is 28.4 Å². The van der Waals surface area contributed by atoms with E-state index in [1.54, 1.807) is 13.8 Å². The summed E-state index contributed by atoms with van der Waals surface area (Å²) in [6, 6.07) is 0. The SMILES string of the molecule is CC1CC2OC3(OC2C(C)(C)O)C1C1(C)CCC24CC25CCC(OC2OCC(O)C(OC6OCC(O)C(O)C6O)C2O)C(C)(C)C5CCC4C1(C)C3O. The van der Waals surface area contributed by atoms with Crippen molar-refractivity contribution in [3.8, 4) is 0 Å². The smallest absolute Gasteiger partial charge is 0.199 e. The van der Waals surface area contributed by atoms with Crippen LogP contribution >= 0.6 is 0 Å². The van der Waals surface area contributed by atoms with Gasteiger partial charge in [0.25, 0.3) is 0 Å². The highest BCUT2D eigenvalue weighted by Crippen LogP contribution is 2.90. The molecular weight excluding hydrogens is 688 g/mol. The minimum absolute atomic E-state index is 0.0294. The fraction of sp³-hybridized carbons (Fsp3) is 1.00. The second-order valence-corrected chi connectivity index (χ2v) is 20.6. The fourth-order valence-corrected chi connectivity index (χ4v) is 15.2. The van der Waals surface area contributed by atoms with Crippen molar-refractivity contribution in [1.29, 1.82) is 0 Å². The number of rotatable bonds is 5. The summed E-state index contributed by atoms with van der Waals surface area (Å²) in [7, 11) is 0. The molecule has 9 aliphatic rings. The van der Waals surface area contributed by atoms with Crippen molar-refractivity contribution in [2.24, 2.45) is 50.7 Å². The Labute approximate surface area is 312 Å². The number of aliphatic hydroxyl groups excluding tert-OH is 6. The molecule has 4 heterocycles. The normalized spacial score (nSPS) is 61.0. The van der Waals surface area contributed by atoms with Crippen molar-refractivity contribution in [3.63, 3.8) is 0 Å². The van der Waals surface area contributed by atoms with E-state index in [2.05, 4.69) is 34.6 Å². The number of hydrogen-bond acceptors (Lipinski definition) is 13. The third-order valence-electron chi connectivity index (χ3n) is 17.6. The Hall–Kier alpha value is -0.520. The summed E-state index contributed by atoms with van der Waals surface area (Å²) in [4.78, 5) is 0. The van der Waals surface area contributed by atoms with E-state index in [4.69, 9.17) is 28.4 Å². The average Bonchev–Trinajstić information content (AvgIpc) is 3.60. The molecule has 13 heteroatoms. The van der Waals surface area contributed by atoms with Gasteiger partial charge in [0, 0.05) is 11.3 Å². The van der Waals surface area contributed by atoms with Gasteiger partial charge in [-0.2, -0.15) is 0 Å². The maximum absolute atomic E-state index is 12.8. The monoisotopic (exact) mass is 752 g/mol. The number of fused-ring (bicyclic) bond motifs is 4. The Bertz CT molecular complexity index is 1460. The van der Waals surface area contributed by atoms with E-state index in [1.165, 1.54) is 0 Å². The van der Waals surface area contributed by atoms with Crippen LogP contribution in [0.3, 0.4) is 0 Å². The molecule has 21 unspecified atom stereocenters. The van der Waals surface area contributed by atoms with E-state index in [-0.39, 0.29) is 58.9 Å². The molecule has 5 saturated carbocycles. The summed E-state index contributed by atoms with van der Waals surface area (Å²) in [5, 5.41) is 76.5. The molecule has 5 aliphatic carbocycles. The molecule has 0 amide bonds. The van der Waals surface area contributed by atoms with Gasteiger partial charge < -0.3 is 64.2 Å². The van der Waals surface area contributed by atoms with Crippen molar-refractivity contribution in [3.05, 3.63) is 0 Å². The maximum Gasteiger partial charge on any atom is 0.199 e. The largest absolute Gasteiger partial charge is 0.388 e. The molecule has 53 heavy (non-hydrogen) atoms. The van der Waals surface area contributed by atoms with E-state index in [0.717, 1.165) is 51.4 Å². The molecule has 2 bridgehead atoms. The van der Waals surface area contributed by atoms with Crippen LogP contribution in [0.15, 0.2) is 0 Å². The van der Waals surface area contributed by atoms with Gasteiger partial charge in [-0.3, -0.25) is 0 Å². The number of hydrogen-bond donors (Lipinski definition) is 7. The lowest BCUT2D eigenvalue weighted by atomic mass is 9.41. The molecule has 7 N–H and O–H groups in total. The van der Waals surface area contributed by atoms with Gasteiger partial charge in [-0.05, 0) is 105 Å². The molecule has 21 atom stereocenters. The first-order valence-electron chi connectivity index (χ1n) is 20.4. The van der Waals surface area contributed by atoms with Crippen LogP contribution in [0.1, 0.15) is 99.8 Å². The van der Waals surface area contributed by atoms with Crippen molar-refractivity contribution in [1.82, 2.24) is 0 Å². The van der Waals surface area contributed by atoms with E-state index in [9.17, 15) is 35.7 Å². The first-order valence-corrected chi connectivity index (χ1v) is 20.4. The summed E-state index contributed by atoms with van der Waals surface area (Å²) in [5.74, 6) is -0.148. The van der Waals surface area contributed by atoms with Crippen molar-refractivity contribution in [2.75, 3.05) is 13.2 Å². The Morgan fingerprint density at radius 1 is 0.717 bits per heavy atom. The summed E-state index contributed by atoms with van der Waals surface area (Å²) in [6.07, 6.45) is -4.62. The van der Waals surface area contributed by atoms with Crippen LogP contribution in [0.25, 0.3) is 0 Å². The molecule has 0 aromatic rings. The molecular formula is C40H64O13. The van der Waals surface area contributed by atoms with Crippen molar-refractivity contribution in [2.45, 2.75) is 185 Å². The zero-order valence-corrected chi connectivity index (χ0v) is 32.4. The molecule has 3 spiro atoms. The third kappa shape index (κ3) is 4.72. The first-order chi connectivity index (χ1) is 24.7. The molecule has 4 saturated heterocycles. The molecule has 9 fully saturated rings. The predicted molar refractivity (Wildman–Crippen MR) is 185 cm³/mol. The van der Waals surface area contributed by atoms with Gasteiger partial charge in [-0.15, -0.1) is 0 Å². The van der Waals surface area contributed by atoms with Gasteiger partial charge in [0.15, 0.2) is 18.4 Å². The van der Waals surface area contributed by atoms with E-state index in [0.29, 0.717) is 11.8 Å². The molecule has 302 valence electrons. The Morgan fingerprint density at radius 2 is 1.36 bits per heavy atom. The standard InChI is InChI=1S/C40H64O13/c1-18-14-21-30(35(4,5)47)53-40(52-21)29(18)36(6)12-13-39-17-38(39)11-10-24(34(2,3)22(38)8-9-23(39)37(36,7)33(40)46)50-32-27(45)28(20(42)16-49-32)51-31-26(44)25(43)19(41)15-48-31/h18-33,41-47H,8-17H2,1-7H3.